The second-order valence-corrected chi connectivity index (χ2v) is 6.50. The Morgan fingerprint density at radius 3 is 3.00 bits per heavy atom. The number of alkyl halides is 1. The zero-order valence-electron chi connectivity index (χ0n) is 11.4. The van der Waals surface area contributed by atoms with Gasteiger partial charge in [-0.15, -0.1) is 22.9 Å². The van der Waals surface area contributed by atoms with Gasteiger partial charge in [0.1, 0.15) is 5.01 Å². The van der Waals surface area contributed by atoms with Crippen molar-refractivity contribution in [3.8, 4) is 0 Å². The van der Waals surface area contributed by atoms with Crippen molar-refractivity contribution in [3.05, 3.63) is 16.1 Å². The van der Waals surface area contributed by atoms with E-state index in [1.165, 1.54) is 24.5 Å². The maximum Gasteiger partial charge on any atom is 0.110 e. The van der Waals surface area contributed by atoms with Crippen molar-refractivity contribution in [1.82, 2.24) is 14.8 Å². The summed E-state index contributed by atoms with van der Waals surface area (Å²) in [5.74, 6) is 1.32. The number of hydrogen-bond acceptors (Lipinski definition) is 4. The predicted molar refractivity (Wildman–Crippen MR) is 78.3 cm³/mol. The smallest absolute Gasteiger partial charge is 0.110 e. The lowest BCUT2D eigenvalue weighted by Crippen LogP contribution is -2.29. The van der Waals surface area contributed by atoms with E-state index in [1.54, 1.807) is 11.3 Å². The number of halogens is 1. The second-order valence-electron chi connectivity index (χ2n) is 5.34. The zero-order chi connectivity index (χ0) is 13.1. The average molecular weight is 288 g/mol. The topological polar surface area (TPSA) is 19.4 Å². The van der Waals surface area contributed by atoms with E-state index in [0.717, 1.165) is 18.2 Å². The van der Waals surface area contributed by atoms with Gasteiger partial charge in [-0.25, -0.2) is 4.98 Å². The van der Waals surface area contributed by atoms with Gasteiger partial charge < -0.3 is 4.90 Å². The summed E-state index contributed by atoms with van der Waals surface area (Å²) in [4.78, 5) is 9.41. The first-order valence-electron chi connectivity index (χ1n) is 6.49. The van der Waals surface area contributed by atoms with Crippen LogP contribution in [0.15, 0.2) is 5.38 Å². The first kappa shape index (κ1) is 14.3. The summed E-state index contributed by atoms with van der Waals surface area (Å²) in [7, 11) is 4.40. The van der Waals surface area contributed by atoms with E-state index in [2.05, 4.69) is 41.2 Å². The van der Waals surface area contributed by atoms with Gasteiger partial charge in [0, 0.05) is 18.5 Å². The molecule has 2 atom stereocenters. The number of rotatable bonds is 5. The van der Waals surface area contributed by atoms with E-state index >= 15 is 0 Å². The highest BCUT2D eigenvalue weighted by Gasteiger charge is 2.23. The molecule has 1 aromatic heterocycles. The monoisotopic (exact) mass is 287 g/mol. The lowest BCUT2D eigenvalue weighted by molar-refractivity contribution is 0.219. The van der Waals surface area contributed by atoms with Crippen molar-refractivity contribution < 1.29 is 0 Å². The second kappa shape index (κ2) is 6.33. The molecule has 2 rings (SSSR count). The number of nitrogens with zero attached hydrogens (tertiary/aromatic N) is 3. The highest BCUT2D eigenvalue weighted by atomic mass is 35.5. The van der Waals surface area contributed by atoms with Crippen LogP contribution in [0.3, 0.4) is 0 Å². The minimum absolute atomic E-state index is 0.387. The molecule has 18 heavy (non-hydrogen) atoms. The van der Waals surface area contributed by atoms with E-state index in [9.17, 15) is 0 Å². The largest absolute Gasteiger partial charge is 0.306 e. The molecule has 0 N–H and O–H groups in total. The van der Waals surface area contributed by atoms with Gasteiger partial charge in [0.25, 0.3) is 0 Å². The lowest BCUT2D eigenvalue weighted by atomic mass is 10.1. The van der Waals surface area contributed by atoms with Crippen molar-refractivity contribution in [2.24, 2.45) is 5.92 Å². The van der Waals surface area contributed by atoms with Crippen LogP contribution >= 0.6 is 22.9 Å². The molecule has 1 aliphatic heterocycles. The van der Waals surface area contributed by atoms with Crippen LogP contribution < -0.4 is 0 Å². The highest BCUT2D eigenvalue weighted by molar-refractivity contribution is 7.09. The molecule has 0 spiro atoms. The van der Waals surface area contributed by atoms with Crippen LogP contribution in [0, 0.1) is 5.92 Å². The molecule has 0 saturated carbocycles. The third-order valence-corrected chi connectivity index (χ3v) is 5.10. The van der Waals surface area contributed by atoms with Gasteiger partial charge in [0.15, 0.2) is 0 Å². The first-order valence-corrected chi connectivity index (χ1v) is 7.90. The molecule has 3 nitrogen and oxygen atoms in total. The third-order valence-electron chi connectivity index (χ3n) is 3.76. The minimum Gasteiger partial charge on any atom is -0.306 e. The van der Waals surface area contributed by atoms with Gasteiger partial charge in [0.2, 0.25) is 0 Å². The molecule has 2 heterocycles. The molecule has 102 valence electrons. The molecule has 1 saturated heterocycles. The fraction of sp³-hybridized carbons (Fsp3) is 0.769. The average Bonchev–Trinajstić information content (AvgIpc) is 2.97. The summed E-state index contributed by atoms with van der Waals surface area (Å²) >= 11 is 7.52. The Balaban J connectivity index is 1.89. The van der Waals surface area contributed by atoms with Crippen LogP contribution in [0.5, 0.6) is 0 Å². The lowest BCUT2D eigenvalue weighted by Gasteiger charge is -2.26. The van der Waals surface area contributed by atoms with Crippen molar-refractivity contribution in [2.45, 2.75) is 25.3 Å². The summed E-state index contributed by atoms with van der Waals surface area (Å²) < 4.78 is 0. The fourth-order valence-corrected chi connectivity index (χ4v) is 3.67. The molecule has 5 heteroatoms. The standard InChI is InChI=1S/C13H22ClN3S/c1-10(13-15-12(6-14)9-18-13)17(3)8-11-4-5-16(2)7-11/h9-11H,4-8H2,1-3H3. The number of aromatic nitrogens is 1. The number of likely N-dealkylation sites (tertiary alicyclic amines) is 1. The Kier molecular flexibility index (Phi) is 5.01. The Labute approximate surface area is 119 Å². The predicted octanol–water partition coefficient (Wildman–Crippen LogP) is 2.83. The molecule has 0 bridgehead atoms. The van der Waals surface area contributed by atoms with Gasteiger partial charge in [-0.05, 0) is 39.9 Å². The van der Waals surface area contributed by atoms with E-state index in [-0.39, 0.29) is 0 Å². The Bertz CT molecular complexity index is 382. The van der Waals surface area contributed by atoms with Crippen molar-refractivity contribution in [1.29, 1.82) is 0 Å². The van der Waals surface area contributed by atoms with E-state index in [4.69, 9.17) is 11.6 Å². The zero-order valence-corrected chi connectivity index (χ0v) is 13.0. The van der Waals surface area contributed by atoms with Gasteiger partial charge >= 0.3 is 0 Å². The van der Waals surface area contributed by atoms with Crippen LogP contribution in [-0.2, 0) is 5.88 Å². The quantitative estimate of drug-likeness (QED) is 0.777. The molecule has 1 aromatic rings. The summed E-state index contributed by atoms with van der Waals surface area (Å²) in [6.07, 6.45) is 1.32. The van der Waals surface area contributed by atoms with Crippen LogP contribution in [-0.4, -0.2) is 48.5 Å². The van der Waals surface area contributed by atoms with Crippen molar-refractivity contribution >= 4 is 22.9 Å². The molecule has 1 fully saturated rings. The fourth-order valence-electron chi connectivity index (χ4n) is 2.51. The molecule has 0 amide bonds. The molecule has 0 radical (unpaired) electrons. The Morgan fingerprint density at radius 1 is 1.67 bits per heavy atom. The Hall–Kier alpha value is -0.160. The van der Waals surface area contributed by atoms with Gasteiger partial charge in [0.05, 0.1) is 17.6 Å². The summed E-state index contributed by atoms with van der Waals surface area (Å²) in [5, 5.41) is 3.25. The maximum atomic E-state index is 5.80. The van der Waals surface area contributed by atoms with E-state index in [0.29, 0.717) is 11.9 Å². The van der Waals surface area contributed by atoms with Crippen molar-refractivity contribution in [2.75, 3.05) is 33.7 Å². The molecule has 1 aliphatic rings. The van der Waals surface area contributed by atoms with E-state index in [1.807, 2.05) is 0 Å². The third kappa shape index (κ3) is 3.44. The molecular formula is C13H22ClN3S. The number of thiazole rings is 1. The molecule has 2 unspecified atom stereocenters. The Morgan fingerprint density at radius 2 is 2.44 bits per heavy atom. The van der Waals surface area contributed by atoms with E-state index < -0.39 is 0 Å². The van der Waals surface area contributed by atoms with Gasteiger partial charge in [-0.1, -0.05) is 0 Å². The van der Waals surface area contributed by atoms with Crippen LogP contribution in [0.2, 0.25) is 0 Å². The van der Waals surface area contributed by atoms with Crippen LogP contribution in [0.25, 0.3) is 0 Å². The normalized spacial score (nSPS) is 22.8. The summed E-state index contributed by atoms with van der Waals surface area (Å²) in [5.41, 5.74) is 0.998. The van der Waals surface area contributed by atoms with Crippen LogP contribution in [0.4, 0.5) is 0 Å². The van der Waals surface area contributed by atoms with Gasteiger partial charge in [-0.2, -0.15) is 0 Å². The van der Waals surface area contributed by atoms with Crippen LogP contribution in [0.1, 0.15) is 30.1 Å². The maximum absolute atomic E-state index is 5.80. The van der Waals surface area contributed by atoms with Crippen molar-refractivity contribution in [3.63, 3.8) is 0 Å². The first-order chi connectivity index (χ1) is 8.60. The summed E-state index contributed by atoms with van der Waals surface area (Å²) in [6.45, 7) is 5.85. The molecule has 0 aliphatic carbocycles. The highest BCUT2D eigenvalue weighted by Crippen LogP contribution is 2.25. The summed E-state index contributed by atoms with van der Waals surface area (Å²) in [6, 6.07) is 0.387. The molecular weight excluding hydrogens is 266 g/mol. The number of hydrogen-bond donors (Lipinski definition) is 0. The minimum atomic E-state index is 0.387. The molecule has 0 aromatic carbocycles. The van der Waals surface area contributed by atoms with Gasteiger partial charge in [-0.3, -0.25) is 4.90 Å². The SMILES string of the molecule is CC(c1nc(CCl)cs1)N(C)CC1CCN(C)C1.